The Labute approximate surface area is 130 Å². The highest BCUT2D eigenvalue weighted by Gasteiger charge is 2.31. The van der Waals surface area contributed by atoms with Crippen molar-refractivity contribution in [3.8, 4) is 0 Å². The van der Waals surface area contributed by atoms with Crippen molar-refractivity contribution < 1.29 is 9.59 Å². The summed E-state index contributed by atoms with van der Waals surface area (Å²) in [5, 5.41) is 1.87. The van der Waals surface area contributed by atoms with Crippen molar-refractivity contribution in [2.75, 3.05) is 0 Å². The van der Waals surface area contributed by atoms with Crippen LogP contribution in [0.5, 0.6) is 0 Å². The van der Waals surface area contributed by atoms with Gasteiger partial charge in [0.05, 0.1) is 5.25 Å². The lowest BCUT2D eigenvalue weighted by atomic mass is 9.99. The molecule has 0 bridgehead atoms. The third kappa shape index (κ3) is 5.05. The maximum absolute atomic E-state index is 11.7. The van der Waals surface area contributed by atoms with E-state index in [0.717, 1.165) is 30.2 Å². The van der Waals surface area contributed by atoms with E-state index in [1.807, 2.05) is 18.2 Å². The molecule has 112 valence electrons. The summed E-state index contributed by atoms with van der Waals surface area (Å²) < 4.78 is 0. The highest BCUT2D eigenvalue weighted by atomic mass is 32.2. The fourth-order valence-corrected chi connectivity index (χ4v) is 3.27. The van der Waals surface area contributed by atoms with E-state index >= 15 is 0 Å². The molecule has 1 fully saturated rings. The highest BCUT2D eigenvalue weighted by Crippen LogP contribution is 2.28. The van der Waals surface area contributed by atoms with E-state index in [4.69, 9.17) is 0 Å². The molecule has 4 heteroatoms. The zero-order valence-electron chi connectivity index (χ0n) is 12.3. The van der Waals surface area contributed by atoms with Crippen LogP contribution < -0.4 is 5.32 Å². The molecule has 1 aromatic carbocycles. The topological polar surface area (TPSA) is 46.2 Å². The molecule has 0 spiro atoms. The number of rotatable bonds is 7. The standard InChI is InChI=1S/C17H21NO2S/c1-2-3-5-10-14(11-13-8-6-4-7-9-13)12-15-16(19)18-17(20)21-15/h4,6-9,11,15H,2-3,5,10,12H2,1H3,(H,18,19,20). The van der Waals surface area contributed by atoms with Gasteiger partial charge in [-0.3, -0.25) is 14.9 Å². The van der Waals surface area contributed by atoms with Gasteiger partial charge in [-0.05, 0) is 24.8 Å². The Balaban J connectivity index is 2.06. The molecule has 1 heterocycles. The summed E-state index contributed by atoms with van der Waals surface area (Å²) >= 11 is 1.11. The summed E-state index contributed by atoms with van der Waals surface area (Å²) in [6, 6.07) is 10.1. The van der Waals surface area contributed by atoms with E-state index in [1.165, 1.54) is 18.4 Å². The first-order valence-corrected chi connectivity index (χ1v) is 8.33. The Morgan fingerprint density at radius 1 is 1.24 bits per heavy atom. The Bertz CT molecular complexity index is 525. The van der Waals surface area contributed by atoms with E-state index in [9.17, 15) is 9.59 Å². The molecular formula is C17H21NO2S. The normalized spacial score (nSPS) is 18.9. The predicted octanol–water partition coefficient (Wildman–Crippen LogP) is 4.39. The van der Waals surface area contributed by atoms with Gasteiger partial charge in [0.15, 0.2) is 0 Å². The summed E-state index contributed by atoms with van der Waals surface area (Å²) in [5.41, 5.74) is 2.40. The number of hydrogen-bond donors (Lipinski definition) is 1. The number of nitrogens with one attached hydrogen (secondary N) is 1. The summed E-state index contributed by atoms with van der Waals surface area (Å²) in [4.78, 5) is 23.0. The number of carbonyl (C=O) groups is 2. The molecule has 0 saturated carbocycles. The van der Waals surface area contributed by atoms with Crippen molar-refractivity contribution in [2.45, 2.75) is 44.3 Å². The Kier molecular flexibility index (Phi) is 6.05. The molecule has 1 aromatic rings. The van der Waals surface area contributed by atoms with Gasteiger partial charge in [0.1, 0.15) is 0 Å². The van der Waals surface area contributed by atoms with Crippen LogP contribution in [0.3, 0.4) is 0 Å². The highest BCUT2D eigenvalue weighted by molar-refractivity contribution is 8.15. The van der Waals surface area contributed by atoms with Crippen LogP contribution in [0, 0.1) is 0 Å². The van der Waals surface area contributed by atoms with Crippen molar-refractivity contribution in [1.29, 1.82) is 0 Å². The van der Waals surface area contributed by atoms with Crippen molar-refractivity contribution in [3.05, 3.63) is 41.5 Å². The van der Waals surface area contributed by atoms with Crippen molar-refractivity contribution in [3.63, 3.8) is 0 Å². The molecule has 2 amide bonds. The SMILES string of the molecule is CCCCCC(=Cc1ccccc1)CC1SC(=O)NC1=O. The van der Waals surface area contributed by atoms with E-state index in [-0.39, 0.29) is 16.4 Å². The van der Waals surface area contributed by atoms with Gasteiger partial charge in [-0.1, -0.05) is 73.5 Å². The van der Waals surface area contributed by atoms with Gasteiger partial charge >= 0.3 is 0 Å². The monoisotopic (exact) mass is 303 g/mol. The van der Waals surface area contributed by atoms with Gasteiger partial charge in [-0.25, -0.2) is 0 Å². The van der Waals surface area contributed by atoms with Crippen LogP contribution in [0.1, 0.15) is 44.6 Å². The van der Waals surface area contributed by atoms with Gasteiger partial charge in [0, 0.05) is 0 Å². The minimum absolute atomic E-state index is 0.153. The molecule has 3 nitrogen and oxygen atoms in total. The summed E-state index contributed by atoms with van der Waals surface area (Å²) in [6.07, 6.45) is 7.29. The molecule has 21 heavy (non-hydrogen) atoms. The van der Waals surface area contributed by atoms with Gasteiger partial charge in [-0.15, -0.1) is 0 Å². The number of unbranched alkanes of at least 4 members (excludes halogenated alkanes) is 2. The average Bonchev–Trinajstić information content (AvgIpc) is 2.78. The molecular weight excluding hydrogens is 282 g/mol. The van der Waals surface area contributed by atoms with Crippen LogP contribution in [0.25, 0.3) is 6.08 Å². The number of benzene rings is 1. The van der Waals surface area contributed by atoms with Gasteiger partial charge < -0.3 is 0 Å². The van der Waals surface area contributed by atoms with Crippen molar-refractivity contribution >= 4 is 29.0 Å². The predicted molar refractivity (Wildman–Crippen MR) is 88.1 cm³/mol. The molecule has 1 aliphatic heterocycles. The number of carbonyl (C=O) groups excluding carboxylic acids is 2. The number of thioether (sulfide) groups is 1. The maximum atomic E-state index is 11.7. The van der Waals surface area contributed by atoms with Crippen LogP contribution in [-0.4, -0.2) is 16.4 Å². The van der Waals surface area contributed by atoms with E-state index < -0.39 is 0 Å². The smallest absolute Gasteiger partial charge is 0.286 e. The second-order valence-electron chi connectivity index (χ2n) is 5.26. The van der Waals surface area contributed by atoms with Gasteiger partial charge in [0.2, 0.25) is 5.91 Å². The molecule has 0 radical (unpaired) electrons. The second-order valence-corrected chi connectivity index (χ2v) is 6.43. The fraction of sp³-hybridized carbons (Fsp3) is 0.412. The fourth-order valence-electron chi connectivity index (χ4n) is 2.39. The summed E-state index contributed by atoms with van der Waals surface area (Å²) in [5.74, 6) is -0.153. The van der Waals surface area contributed by atoms with E-state index in [0.29, 0.717) is 6.42 Å². The third-order valence-electron chi connectivity index (χ3n) is 3.49. The number of hydrogen-bond acceptors (Lipinski definition) is 3. The zero-order valence-corrected chi connectivity index (χ0v) is 13.1. The number of amides is 2. The molecule has 0 aliphatic carbocycles. The molecule has 0 aromatic heterocycles. The molecule has 1 aliphatic rings. The van der Waals surface area contributed by atoms with Crippen LogP contribution in [-0.2, 0) is 4.79 Å². The van der Waals surface area contributed by atoms with E-state index in [2.05, 4.69) is 30.4 Å². The third-order valence-corrected chi connectivity index (χ3v) is 4.47. The first kappa shape index (κ1) is 15.8. The van der Waals surface area contributed by atoms with Crippen LogP contribution in [0.2, 0.25) is 0 Å². The number of allylic oxidation sites excluding steroid dienone is 1. The molecule has 1 N–H and O–H groups in total. The minimum atomic E-state index is -0.269. The average molecular weight is 303 g/mol. The Morgan fingerprint density at radius 2 is 2.00 bits per heavy atom. The molecule has 1 saturated heterocycles. The van der Waals surface area contributed by atoms with Crippen LogP contribution in [0.15, 0.2) is 35.9 Å². The second kappa shape index (κ2) is 8.03. The summed E-state index contributed by atoms with van der Waals surface area (Å²) in [7, 11) is 0. The molecule has 2 rings (SSSR count). The van der Waals surface area contributed by atoms with Crippen molar-refractivity contribution in [1.82, 2.24) is 5.32 Å². The lowest BCUT2D eigenvalue weighted by Crippen LogP contribution is -2.24. The lowest BCUT2D eigenvalue weighted by molar-refractivity contribution is -0.118. The quantitative estimate of drug-likeness (QED) is 0.760. The number of imide groups is 1. The van der Waals surface area contributed by atoms with Crippen LogP contribution >= 0.6 is 11.8 Å². The zero-order chi connectivity index (χ0) is 15.1. The minimum Gasteiger partial charge on any atom is -0.286 e. The van der Waals surface area contributed by atoms with Gasteiger partial charge in [-0.2, -0.15) is 0 Å². The first-order chi connectivity index (χ1) is 10.2. The molecule has 1 atom stereocenters. The van der Waals surface area contributed by atoms with Crippen molar-refractivity contribution in [2.24, 2.45) is 0 Å². The Morgan fingerprint density at radius 3 is 2.62 bits per heavy atom. The Hall–Kier alpha value is -1.55. The largest absolute Gasteiger partial charge is 0.286 e. The summed E-state index contributed by atoms with van der Waals surface area (Å²) in [6.45, 7) is 2.18. The van der Waals surface area contributed by atoms with E-state index in [1.54, 1.807) is 0 Å². The van der Waals surface area contributed by atoms with Crippen LogP contribution in [0.4, 0.5) is 4.79 Å². The molecule has 1 unspecified atom stereocenters. The lowest BCUT2D eigenvalue weighted by Gasteiger charge is -2.10. The maximum Gasteiger partial charge on any atom is 0.286 e. The van der Waals surface area contributed by atoms with Gasteiger partial charge in [0.25, 0.3) is 5.24 Å². The first-order valence-electron chi connectivity index (χ1n) is 7.45.